The first kappa shape index (κ1) is 16.7. The molecule has 2 heterocycles. The third-order valence-electron chi connectivity index (χ3n) is 5.14. The number of carbonyl (C=O) groups is 1. The molecule has 134 valence electrons. The van der Waals surface area contributed by atoms with Crippen molar-refractivity contribution in [3.63, 3.8) is 0 Å². The molecule has 5 nitrogen and oxygen atoms in total. The number of imidazole rings is 1. The first-order chi connectivity index (χ1) is 12.5. The number of halogens is 1. The summed E-state index contributed by atoms with van der Waals surface area (Å²) in [7, 11) is 0. The molecule has 1 fully saturated rings. The average Bonchev–Trinajstić information content (AvgIpc) is 3.37. The van der Waals surface area contributed by atoms with Crippen molar-refractivity contribution < 1.29 is 9.18 Å². The molecule has 0 unspecified atom stereocenters. The molecule has 1 aliphatic carbocycles. The number of aromatic nitrogens is 3. The van der Waals surface area contributed by atoms with E-state index in [1.54, 1.807) is 18.5 Å². The number of hydrogen-bond acceptors (Lipinski definition) is 3. The van der Waals surface area contributed by atoms with E-state index < -0.39 is 0 Å². The number of benzene rings is 1. The van der Waals surface area contributed by atoms with Gasteiger partial charge in [0, 0.05) is 23.0 Å². The van der Waals surface area contributed by atoms with E-state index >= 15 is 0 Å². The Labute approximate surface area is 151 Å². The Morgan fingerprint density at radius 1 is 1.27 bits per heavy atom. The van der Waals surface area contributed by atoms with E-state index in [0.29, 0.717) is 17.3 Å². The van der Waals surface area contributed by atoms with Gasteiger partial charge in [-0.25, -0.2) is 14.4 Å². The molecule has 0 bridgehead atoms. The van der Waals surface area contributed by atoms with Crippen LogP contribution >= 0.6 is 0 Å². The molecule has 6 heteroatoms. The largest absolute Gasteiger partial charge is 0.348 e. The van der Waals surface area contributed by atoms with Crippen LogP contribution in [0.4, 0.5) is 4.39 Å². The van der Waals surface area contributed by atoms with Crippen LogP contribution in [0.3, 0.4) is 0 Å². The van der Waals surface area contributed by atoms with Gasteiger partial charge >= 0.3 is 0 Å². The Bertz CT molecular complexity index is 989. The summed E-state index contributed by atoms with van der Waals surface area (Å²) in [6.07, 6.45) is 3.96. The number of nitrogens with one attached hydrogen (secondary N) is 1. The molecule has 0 radical (unpaired) electrons. The molecule has 26 heavy (non-hydrogen) atoms. The van der Waals surface area contributed by atoms with Crippen molar-refractivity contribution in [2.24, 2.45) is 5.92 Å². The SMILES string of the molecule is Cc1nc2c(C(=O)N[C@@H](C)C3CC3)ncn2c(C)c1-c1ccc(F)cc1. The van der Waals surface area contributed by atoms with Crippen molar-refractivity contribution in [2.75, 3.05) is 0 Å². The van der Waals surface area contributed by atoms with Crippen molar-refractivity contribution in [2.45, 2.75) is 39.7 Å². The van der Waals surface area contributed by atoms with Crippen LogP contribution in [-0.2, 0) is 0 Å². The minimum Gasteiger partial charge on any atom is -0.348 e. The molecule has 0 aliphatic heterocycles. The van der Waals surface area contributed by atoms with Gasteiger partial charge in [0.1, 0.15) is 12.1 Å². The van der Waals surface area contributed by atoms with Crippen LogP contribution in [0, 0.1) is 25.6 Å². The average molecular weight is 352 g/mol. The third-order valence-corrected chi connectivity index (χ3v) is 5.14. The minimum absolute atomic E-state index is 0.153. The van der Waals surface area contributed by atoms with E-state index in [1.807, 2.05) is 25.2 Å². The lowest BCUT2D eigenvalue weighted by molar-refractivity contribution is 0.0933. The van der Waals surface area contributed by atoms with Gasteiger partial charge in [0.25, 0.3) is 5.91 Å². The van der Waals surface area contributed by atoms with E-state index in [1.165, 1.54) is 25.0 Å². The van der Waals surface area contributed by atoms with Crippen molar-refractivity contribution in [3.05, 3.63) is 53.5 Å². The number of nitrogens with zero attached hydrogens (tertiary/aromatic N) is 3. The quantitative estimate of drug-likeness (QED) is 0.779. The molecule has 1 aromatic carbocycles. The number of carbonyl (C=O) groups excluding carboxylic acids is 1. The second kappa shape index (κ2) is 6.20. The van der Waals surface area contributed by atoms with Crippen LogP contribution in [0.5, 0.6) is 0 Å². The second-order valence-electron chi connectivity index (χ2n) is 7.05. The monoisotopic (exact) mass is 352 g/mol. The summed E-state index contributed by atoms with van der Waals surface area (Å²) in [5.41, 5.74) is 4.40. The standard InChI is InChI=1S/C20H21FN4O/c1-11(14-4-5-14)24-20(26)18-19-23-12(2)17(13(3)25(19)10-22-18)15-6-8-16(21)9-7-15/h6-11,14H,4-5H2,1-3H3,(H,24,26)/t11-/m0/s1. The Hall–Kier alpha value is -2.76. The van der Waals surface area contributed by atoms with Gasteiger partial charge in [-0.15, -0.1) is 0 Å². The van der Waals surface area contributed by atoms with Gasteiger partial charge in [0.15, 0.2) is 11.3 Å². The highest BCUT2D eigenvalue weighted by Gasteiger charge is 2.30. The maximum atomic E-state index is 13.2. The minimum atomic E-state index is -0.274. The maximum Gasteiger partial charge on any atom is 0.274 e. The summed E-state index contributed by atoms with van der Waals surface area (Å²) in [6.45, 7) is 5.88. The van der Waals surface area contributed by atoms with Crippen LogP contribution in [0.2, 0.25) is 0 Å². The Morgan fingerprint density at radius 2 is 1.96 bits per heavy atom. The highest BCUT2D eigenvalue weighted by Crippen LogP contribution is 2.32. The highest BCUT2D eigenvalue weighted by atomic mass is 19.1. The molecule has 0 saturated heterocycles. The molecule has 1 amide bonds. The second-order valence-corrected chi connectivity index (χ2v) is 7.05. The molecule has 1 atom stereocenters. The molecule has 1 N–H and O–H groups in total. The molecule has 1 saturated carbocycles. The zero-order valence-electron chi connectivity index (χ0n) is 15.1. The van der Waals surface area contributed by atoms with Gasteiger partial charge in [0.2, 0.25) is 0 Å². The number of amides is 1. The molecule has 3 aromatic rings. The lowest BCUT2D eigenvalue weighted by Gasteiger charge is -2.13. The number of aryl methyl sites for hydroxylation is 2. The Morgan fingerprint density at radius 3 is 2.62 bits per heavy atom. The molecule has 1 aliphatic rings. The van der Waals surface area contributed by atoms with Crippen molar-refractivity contribution in [1.29, 1.82) is 0 Å². The zero-order valence-corrected chi connectivity index (χ0v) is 15.1. The predicted octanol–water partition coefficient (Wildman–Crippen LogP) is 3.68. The Kier molecular flexibility index (Phi) is 3.98. The summed E-state index contributed by atoms with van der Waals surface area (Å²) in [5.74, 6) is 0.117. The molecular formula is C20H21FN4O. The summed E-state index contributed by atoms with van der Waals surface area (Å²) in [5, 5.41) is 3.03. The van der Waals surface area contributed by atoms with Crippen LogP contribution < -0.4 is 5.32 Å². The van der Waals surface area contributed by atoms with Gasteiger partial charge < -0.3 is 5.32 Å². The summed E-state index contributed by atoms with van der Waals surface area (Å²) >= 11 is 0. The van der Waals surface area contributed by atoms with Gasteiger partial charge in [-0.1, -0.05) is 12.1 Å². The van der Waals surface area contributed by atoms with E-state index in [0.717, 1.165) is 22.5 Å². The smallest absolute Gasteiger partial charge is 0.274 e. The molecule has 0 spiro atoms. The van der Waals surface area contributed by atoms with E-state index in [9.17, 15) is 9.18 Å². The van der Waals surface area contributed by atoms with Gasteiger partial charge in [-0.3, -0.25) is 9.20 Å². The van der Waals surface area contributed by atoms with E-state index in [4.69, 9.17) is 0 Å². The van der Waals surface area contributed by atoms with Crippen LogP contribution in [0.25, 0.3) is 16.8 Å². The normalized spacial score (nSPS) is 15.2. The maximum absolute atomic E-state index is 13.2. The van der Waals surface area contributed by atoms with Crippen molar-refractivity contribution >= 4 is 11.6 Å². The fourth-order valence-electron chi connectivity index (χ4n) is 3.47. The fraction of sp³-hybridized carbons (Fsp3) is 0.350. The lowest BCUT2D eigenvalue weighted by atomic mass is 10.0. The van der Waals surface area contributed by atoms with E-state index in [2.05, 4.69) is 15.3 Å². The number of rotatable bonds is 4. The first-order valence-electron chi connectivity index (χ1n) is 8.86. The fourth-order valence-corrected chi connectivity index (χ4v) is 3.47. The molecule has 2 aromatic heterocycles. The van der Waals surface area contributed by atoms with Crippen molar-refractivity contribution in [3.8, 4) is 11.1 Å². The van der Waals surface area contributed by atoms with Crippen LogP contribution in [0.1, 0.15) is 41.6 Å². The van der Waals surface area contributed by atoms with Crippen molar-refractivity contribution in [1.82, 2.24) is 19.7 Å². The van der Waals surface area contributed by atoms with Gasteiger partial charge in [-0.05, 0) is 57.2 Å². The van der Waals surface area contributed by atoms with E-state index in [-0.39, 0.29) is 17.8 Å². The lowest BCUT2D eigenvalue weighted by Crippen LogP contribution is -2.34. The summed E-state index contributed by atoms with van der Waals surface area (Å²) < 4.78 is 15.1. The molecule has 4 rings (SSSR count). The van der Waals surface area contributed by atoms with Crippen LogP contribution in [0.15, 0.2) is 30.6 Å². The first-order valence-corrected chi connectivity index (χ1v) is 8.86. The number of fused-ring (bicyclic) bond motifs is 1. The van der Waals surface area contributed by atoms with Gasteiger partial charge in [-0.2, -0.15) is 0 Å². The summed E-state index contributed by atoms with van der Waals surface area (Å²) in [4.78, 5) is 21.5. The van der Waals surface area contributed by atoms with Crippen LogP contribution in [-0.4, -0.2) is 26.3 Å². The molecular weight excluding hydrogens is 331 g/mol. The third kappa shape index (κ3) is 2.85. The highest BCUT2D eigenvalue weighted by molar-refractivity contribution is 5.98. The summed E-state index contributed by atoms with van der Waals surface area (Å²) in [6, 6.07) is 6.49. The Balaban J connectivity index is 1.75. The zero-order chi connectivity index (χ0) is 18.4. The predicted molar refractivity (Wildman–Crippen MR) is 97.5 cm³/mol. The van der Waals surface area contributed by atoms with Gasteiger partial charge in [0.05, 0.1) is 0 Å². The topological polar surface area (TPSA) is 59.3 Å². The number of hydrogen-bond donors (Lipinski definition) is 1.